The van der Waals surface area contributed by atoms with E-state index in [2.05, 4.69) is 10.4 Å². The van der Waals surface area contributed by atoms with Crippen molar-refractivity contribution in [2.24, 2.45) is 0 Å². The smallest absolute Gasteiger partial charge is 0.317 e. The first-order valence-electron chi connectivity index (χ1n) is 8.43. The highest BCUT2D eigenvalue weighted by Crippen LogP contribution is 2.31. The van der Waals surface area contributed by atoms with E-state index in [1.165, 1.54) is 44.2 Å². The van der Waals surface area contributed by atoms with E-state index in [1.54, 1.807) is 0 Å². The van der Waals surface area contributed by atoms with Gasteiger partial charge in [-0.3, -0.25) is 9.59 Å². The monoisotopic (exact) mass is 405 g/mol. The molecular weight excluding hydrogens is 390 g/mol. The van der Waals surface area contributed by atoms with Crippen LogP contribution in [0.2, 0.25) is 0 Å². The van der Waals surface area contributed by atoms with Gasteiger partial charge < -0.3 is 5.32 Å². The molecule has 3 rings (SSSR count). The summed E-state index contributed by atoms with van der Waals surface area (Å²) in [6.07, 6.45) is -4.54. The van der Waals surface area contributed by atoms with Gasteiger partial charge in [0.25, 0.3) is 11.7 Å². The predicted octanol–water partition coefficient (Wildman–Crippen LogP) is 4.47. The Kier molecular flexibility index (Phi) is 5.23. The van der Waals surface area contributed by atoms with Crippen molar-refractivity contribution in [3.63, 3.8) is 0 Å². The summed E-state index contributed by atoms with van der Waals surface area (Å²) >= 11 is 0. The Morgan fingerprint density at radius 3 is 2.38 bits per heavy atom. The Balaban J connectivity index is 1.95. The lowest BCUT2D eigenvalue weighted by Crippen LogP contribution is -2.24. The van der Waals surface area contributed by atoms with Gasteiger partial charge >= 0.3 is 6.18 Å². The molecule has 1 aromatic heterocycles. The number of carbonyl (C=O) groups excluding carboxylic acids is 2. The van der Waals surface area contributed by atoms with Gasteiger partial charge in [0, 0.05) is 0 Å². The number of aromatic nitrogens is 2. The Morgan fingerprint density at radius 1 is 1.03 bits per heavy atom. The fourth-order valence-electron chi connectivity index (χ4n) is 2.89. The average Bonchev–Trinajstić information content (AvgIpc) is 2.96. The summed E-state index contributed by atoms with van der Waals surface area (Å²) < 4.78 is 53.8. The number of hydrogen-bond donors (Lipinski definition) is 1. The first-order valence-corrected chi connectivity index (χ1v) is 8.43. The minimum Gasteiger partial charge on any atom is -0.317 e. The number of amides is 1. The maximum atomic E-state index is 13.7. The molecule has 0 atom stereocenters. The summed E-state index contributed by atoms with van der Waals surface area (Å²) in [5.41, 5.74) is -0.645. The molecule has 0 radical (unpaired) electrons. The zero-order chi connectivity index (χ0) is 21.3. The van der Waals surface area contributed by atoms with Crippen molar-refractivity contribution in [2.45, 2.75) is 20.0 Å². The second-order valence-corrected chi connectivity index (χ2v) is 6.27. The zero-order valence-electron chi connectivity index (χ0n) is 15.3. The molecule has 0 aliphatic carbocycles. The Hall–Kier alpha value is -3.49. The van der Waals surface area contributed by atoms with Gasteiger partial charge in [-0.05, 0) is 44.2 Å². The minimum atomic E-state index is -4.54. The third-order valence-corrected chi connectivity index (χ3v) is 4.26. The molecule has 1 amide bonds. The van der Waals surface area contributed by atoms with Crippen molar-refractivity contribution in [1.82, 2.24) is 9.78 Å². The number of rotatable bonds is 4. The van der Waals surface area contributed by atoms with Gasteiger partial charge in [0.15, 0.2) is 0 Å². The fraction of sp³-hybridized carbons (Fsp3) is 0.150. The molecule has 3 aromatic rings. The van der Waals surface area contributed by atoms with Gasteiger partial charge in [-0.1, -0.05) is 18.2 Å². The summed E-state index contributed by atoms with van der Waals surface area (Å²) in [7, 11) is 0. The number of Topliss-reactive ketones (excluding diaryl/α,β-unsaturated/α-hetero) is 1. The summed E-state index contributed by atoms with van der Waals surface area (Å²) in [4.78, 5) is 24.9. The van der Waals surface area contributed by atoms with Crippen LogP contribution < -0.4 is 5.32 Å². The largest absolute Gasteiger partial charge is 0.416 e. The third kappa shape index (κ3) is 4.03. The topological polar surface area (TPSA) is 64.0 Å². The van der Waals surface area contributed by atoms with Crippen molar-refractivity contribution in [3.05, 3.63) is 76.9 Å². The Labute approximate surface area is 163 Å². The Bertz CT molecular complexity index is 1100. The lowest BCUT2D eigenvalue weighted by molar-refractivity contribution is -0.137. The lowest BCUT2D eigenvalue weighted by atomic mass is 10.1. The maximum Gasteiger partial charge on any atom is 0.416 e. The molecule has 9 heteroatoms. The van der Waals surface area contributed by atoms with Gasteiger partial charge in [-0.2, -0.15) is 18.3 Å². The van der Waals surface area contributed by atoms with E-state index in [9.17, 15) is 27.2 Å². The molecule has 1 heterocycles. The van der Waals surface area contributed by atoms with Crippen LogP contribution in [0.4, 0.5) is 23.2 Å². The highest BCUT2D eigenvalue weighted by Gasteiger charge is 2.31. The predicted molar refractivity (Wildman–Crippen MR) is 97.4 cm³/mol. The summed E-state index contributed by atoms with van der Waals surface area (Å²) in [5, 5.41) is 6.30. The number of halogens is 4. The number of aryl methyl sites for hydroxylation is 1. The Morgan fingerprint density at radius 2 is 1.72 bits per heavy atom. The second-order valence-electron chi connectivity index (χ2n) is 6.27. The molecule has 0 aliphatic heterocycles. The van der Waals surface area contributed by atoms with Gasteiger partial charge in [0.1, 0.15) is 5.82 Å². The highest BCUT2D eigenvalue weighted by molar-refractivity contribution is 6.47. The lowest BCUT2D eigenvalue weighted by Gasteiger charge is -2.10. The normalized spacial score (nSPS) is 11.4. The van der Waals surface area contributed by atoms with E-state index in [1.807, 2.05) is 0 Å². The average molecular weight is 405 g/mol. The molecule has 5 nitrogen and oxygen atoms in total. The van der Waals surface area contributed by atoms with E-state index in [4.69, 9.17) is 0 Å². The molecule has 0 spiro atoms. The van der Waals surface area contributed by atoms with Crippen LogP contribution >= 0.6 is 0 Å². The summed E-state index contributed by atoms with van der Waals surface area (Å²) in [6.45, 7) is 2.92. The first kappa shape index (κ1) is 20.2. The number of benzene rings is 2. The van der Waals surface area contributed by atoms with Gasteiger partial charge in [0.05, 0.1) is 33.9 Å². The third-order valence-electron chi connectivity index (χ3n) is 4.26. The molecule has 29 heavy (non-hydrogen) atoms. The molecule has 0 aliphatic rings. The highest BCUT2D eigenvalue weighted by atomic mass is 19.4. The molecule has 0 saturated heterocycles. The number of nitrogens with one attached hydrogen (secondary N) is 1. The minimum absolute atomic E-state index is 0.0590. The molecule has 0 saturated carbocycles. The number of ketones is 1. The van der Waals surface area contributed by atoms with E-state index in [0.29, 0.717) is 0 Å². The summed E-state index contributed by atoms with van der Waals surface area (Å²) in [5.74, 6) is -2.76. The van der Waals surface area contributed by atoms with E-state index in [0.717, 1.165) is 22.9 Å². The molecule has 2 aromatic carbocycles. The van der Waals surface area contributed by atoms with Crippen LogP contribution in [0.15, 0.2) is 48.5 Å². The van der Waals surface area contributed by atoms with Crippen LogP contribution in [0.3, 0.4) is 0 Å². The van der Waals surface area contributed by atoms with Gasteiger partial charge in [-0.15, -0.1) is 0 Å². The molecule has 0 fully saturated rings. The molecule has 0 unspecified atom stereocenters. The molecular formula is C20H15F4N3O2. The number of anilines is 1. The molecule has 0 bridgehead atoms. The number of nitrogens with zero attached hydrogens (tertiary/aromatic N) is 2. The molecule has 1 N–H and O–H groups in total. The second kappa shape index (κ2) is 7.50. The van der Waals surface area contributed by atoms with Crippen molar-refractivity contribution in [1.29, 1.82) is 0 Å². The van der Waals surface area contributed by atoms with E-state index >= 15 is 0 Å². The molecule has 150 valence electrons. The van der Waals surface area contributed by atoms with Crippen LogP contribution in [-0.4, -0.2) is 21.5 Å². The van der Waals surface area contributed by atoms with Crippen LogP contribution in [0.5, 0.6) is 0 Å². The van der Waals surface area contributed by atoms with Crippen molar-refractivity contribution in [3.8, 4) is 5.69 Å². The van der Waals surface area contributed by atoms with Crippen molar-refractivity contribution in [2.75, 3.05) is 5.32 Å². The zero-order valence-corrected chi connectivity index (χ0v) is 15.3. The van der Waals surface area contributed by atoms with Crippen molar-refractivity contribution >= 4 is 17.4 Å². The van der Waals surface area contributed by atoms with Crippen LogP contribution in [-0.2, 0) is 11.0 Å². The number of para-hydroxylation sites is 1. The van der Waals surface area contributed by atoms with Crippen molar-refractivity contribution < 1.29 is 27.2 Å². The van der Waals surface area contributed by atoms with E-state index < -0.39 is 29.2 Å². The quantitative estimate of drug-likeness (QED) is 0.396. The number of hydrogen-bond acceptors (Lipinski definition) is 3. The number of alkyl halides is 3. The van der Waals surface area contributed by atoms with E-state index in [-0.39, 0.29) is 28.3 Å². The fourth-order valence-corrected chi connectivity index (χ4v) is 2.89. The van der Waals surface area contributed by atoms with Crippen LogP contribution in [0.25, 0.3) is 5.69 Å². The number of carbonyl (C=O) groups is 2. The van der Waals surface area contributed by atoms with Crippen LogP contribution in [0, 0.1) is 19.7 Å². The SMILES string of the molecule is Cc1nn(-c2cccc(C(F)(F)F)c2)c(C)c1C(=O)C(=O)Nc1ccccc1F. The summed E-state index contributed by atoms with van der Waals surface area (Å²) in [6, 6.07) is 9.79. The van der Waals surface area contributed by atoms with Crippen LogP contribution in [0.1, 0.15) is 27.3 Å². The first-order chi connectivity index (χ1) is 13.6. The van der Waals surface area contributed by atoms with Gasteiger partial charge in [-0.25, -0.2) is 9.07 Å². The standard InChI is InChI=1S/C20H15F4N3O2/c1-11-17(18(28)19(29)25-16-9-4-3-8-15(16)21)12(2)27(26-11)14-7-5-6-13(10-14)20(22,23)24/h3-10H,1-2H3,(H,25,29). The van der Waals surface area contributed by atoms with Gasteiger partial charge in [0.2, 0.25) is 0 Å². The maximum absolute atomic E-state index is 13.7.